The van der Waals surface area contributed by atoms with Crippen LogP contribution in [0.4, 0.5) is 5.69 Å². The van der Waals surface area contributed by atoms with Gasteiger partial charge in [-0.3, -0.25) is 14.4 Å². The molecule has 0 bridgehead atoms. The van der Waals surface area contributed by atoms with Crippen molar-refractivity contribution in [3.05, 3.63) is 77.0 Å². The number of Topliss-reactive ketones (excluding diaryl/α,β-unsaturated/α-hetero) is 1. The standard InChI is InChI=1S/C28H23N3O7S/c1-16-4-5-19(14-29)26(30-16)39-24-13-25(33)31(27(24)34)20-9-6-17(7-10-20)28(35)38-15-21(32)18-8-11-22(36-2)23(12-18)37-3/h4-12,24H,13,15H2,1-3H3. The summed E-state index contributed by atoms with van der Waals surface area (Å²) >= 11 is 1.08. The molecule has 198 valence electrons. The van der Waals surface area contributed by atoms with E-state index < -0.39 is 35.4 Å². The zero-order valence-electron chi connectivity index (χ0n) is 21.3. The molecule has 0 saturated carbocycles. The Kier molecular flexibility index (Phi) is 8.27. The first-order valence-corrected chi connectivity index (χ1v) is 12.6. The molecule has 0 N–H and O–H groups in total. The largest absolute Gasteiger partial charge is 0.493 e. The molecule has 1 atom stereocenters. The Morgan fingerprint density at radius 3 is 2.38 bits per heavy atom. The zero-order chi connectivity index (χ0) is 28.1. The highest BCUT2D eigenvalue weighted by Gasteiger charge is 2.40. The lowest BCUT2D eigenvalue weighted by Gasteiger charge is -2.15. The summed E-state index contributed by atoms with van der Waals surface area (Å²) in [6.45, 7) is 1.29. The van der Waals surface area contributed by atoms with Crippen LogP contribution in [0.2, 0.25) is 0 Å². The molecule has 2 aromatic carbocycles. The molecule has 1 saturated heterocycles. The van der Waals surface area contributed by atoms with Crippen LogP contribution in [0, 0.1) is 18.3 Å². The van der Waals surface area contributed by atoms with Crippen molar-refractivity contribution < 1.29 is 33.4 Å². The number of hydrogen-bond donors (Lipinski definition) is 0. The number of carbonyl (C=O) groups is 4. The molecule has 0 aliphatic carbocycles. The first-order chi connectivity index (χ1) is 18.7. The number of pyridine rings is 1. The number of amides is 2. The quantitative estimate of drug-likeness (QED) is 0.222. The van der Waals surface area contributed by atoms with Crippen LogP contribution in [0.5, 0.6) is 11.5 Å². The van der Waals surface area contributed by atoms with Gasteiger partial charge in [-0.25, -0.2) is 14.7 Å². The van der Waals surface area contributed by atoms with E-state index in [2.05, 4.69) is 11.1 Å². The number of carbonyl (C=O) groups excluding carboxylic acids is 4. The third-order valence-corrected chi connectivity index (χ3v) is 7.07. The minimum absolute atomic E-state index is 0.0496. The Bertz CT molecular complexity index is 1500. The zero-order valence-corrected chi connectivity index (χ0v) is 22.1. The molecule has 2 amide bonds. The summed E-state index contributed by atoms with van der Waals surface area (Å²) in [6.07, 6.45) is -0.0496. The molecular formula is C28H23N3O7S. The van der Waals surface area contributed by atoms with Gasteiger partial charge in [-0.15, -0.1) is 0 Å². The number of methoxy groups -OCH3 is 2. The molecule has 1 aliphatic heterocycles. The van der Waals surface area contributed by atoms with Crippen LogP contribution in [0.15, 0.2) is 59.6 Å². The van der Waals surface area contributed by atoms with Crippen LogP contribution in [0.25, 0.3) is 0 Å². The summed E-state index contributed by atoms with van der Waals surface area (Å²) in [5.74, 6) is -1.17. The highest BCUT2D eigenvalue weighted by atomic mass is 32.2. The first kappa shape index (κ1) is 27.3. The van der Waals surface area contributed by atoms with Gasteiger partial charge < -0.3 is 14.2 Å². The Hall–Kier alpha value is -4.69. The maximum absolute atomic E-state index is 13.0. The topological polar surface area (TPSA) is 136 Å². The van der Waals surface area contributed by atoms with Crippen LogP contribution in [-0.4, -0.2) is 54.6 Å². The number of thioether (sulfide) groups is 1. The van der Waals surface area contributed by atoms with Crippen molar-refractivity contribution in [2.24, 2.45) is 0 Å². The van der Waals surface area contributed by atoms with E-state index in [1.54, 1.807) is 25.1 Å². The lowest BCUT2D eigenvalue weighted by molar-refractivity contribution is -0.121. The lowest BCUT2D eigenvalue weighted by Crippen LogP contribution is -2.31. The number of imide groups is 1. The number of ketones is 1. The molecule has 2 heterocycles. The van der Waals surface area contributed by atoms with Crippen LogP contribution in [0.1, 0.15) is 38.4 Å². The van der Waals surface area contributed by atoms with Crippen LogP contribution >= 0.6 is 11.8 Å². The lowest BCUT2D eigenvalue weighted by atomic mass is 10.1. The number of aryl methyl sites for hydroxylation is 1. The number of rotatable bonds is 9. The van der Waals surface area contributed by atoms with Gasteiger partial charge in [-0.05, 0) is 61.5 Å². The number of ether oxygens (including phenoxy) is 3. The number of nitriles is 1. The normalized spacial score (nSPS) is 14.6. The van der Waals surface area contributed by atoms with E-state index in [1.807, 2.05) is 0 Å². The van der Waals surface area contributed by atoms with Gasteiger partial charge in [-0.1, -0.05) is 11.8 Å². The van der Waals surface area contributed by atoms with E-state index in [-0.39, 0.29) is 17.5 Å². The molecule has 3 aromatic rings. The van der Waals surface area contributed by atoms with E-state index in [4.69, 9.17) is 14.2 Å². The Balaban J connectivity index is 1.40. The van der Waals surface area contributed by atoms with E-state index in [1.165, 1.54) is 50.6 Å². The van der Waals surface area contributed by atoms with Crippen LogP contribution in [-0.2, 0) is 14.3 Å². The van der Waals surface area contributed by atoms with Gasteiger partial charge in [0.05, 0.1) is 36.3 Å². The van der Waals surface area contributed by atoms with Gasteiger partial charge in [0.15, 0.2) is 23.9 Å². The fourth-order valence-electron chi connectivity index (χ4n) is 3.86. The Morgan fingerprint density at radius 1 is 1.03 bits per heavy atom. The van der Waals surface area contributed by atoms with Crippen molar-refractivity contribution >= 4 is 41.0 Å². The van der Waals surface area contributed by atoms with E-state index in [0.717, 1.165) is 16.7 Å². The van der Waals surface area contributed by atoms with E-state index >= 15 is 0 Å². The second-order valence-electron chi connectivity index (χ2n) is 8.41. The average Bonchev–Trinajstić information content (AvgIpc) is 3.23. The van der Waals surface area contributed by atoms with Gasteiger partial charge in [-0.2, -0.15) is 5.26 Å². The molecule has 4 rings (SSSR count). The van der Waals surface area contributed by atoms with E-state index in [0.29, 0.717) is 33.5 Å². The number of nitrogens with zero attached hydrogens (tertiary/aromatic N) is 3. The maximum Gasteiger partial charge on any atom is 0.338 e. The summed E-state index contributed by atoms with van der Waals surface area (Å²) in [5.41, 5.74) is 1.75. The van der Waals surface area contributed by atoms with Gasteiger partial charge in [0, 0.05) is 17.7 Å². The third-order valence-electron chi connectivity index (χ3n) is 5.88. The van der Waals surface area contributed by atoms with E-state index in [9.17, 15) is 24.4 Å². The summed E-state index contributed by atoms with van der Waals surface area (Å²) in [6, 6.07) is 15.7. The SMILES string of the molecule is COc1ccc(C(=O)COC(=O)c2ccc(N3C(=O)CC(Sc4nc(C)ccc4C#N)C3=O)cc2)cc1OC. The molecular weight excluding hydrogens is 522 g/mol. The molecule has 10 nitrogen and oxygen atoms in total. The van der Waals surface area contributed by atoms with Crippen molar-refractivity contribution in [1.29, 1.82) is 5.26 Å². The number of hydrogen-bond acceptors (Lipinski definition) is 10. The molecule has 1 aromatic heterocycles. The molecule has 0 radical (unpaired) electrons. The smallest absolute Gasteiger partial charge is 0.338 e. The second kappa shape index (κ2) is 11.8. The molecule has 11 heteroatoms. The summed E-state index contributed by atoms with van der Waals surface area (Å²) in [4.78, 5) is 56.1. The van der Waals surface area contributed by atoms with Gasteiger partial charge >= 0.3 is 5.97 Å². The molecule has 0 spiro atoms. The fraction of sp³-hybridized carbons (Fsp3) is 0.214. The number of aromatic nitrogens is 1. The minimum atomic E-state index is -0.738. The maximum atomic E-state index is 13.0. The average molecular weight is 546 g/mol. The molecule has 1 unspecified atom stereocenters. The number of esters is 1. The summed E-state index contributed by atoms with van der Waals surface area (Å²) in [7, 11) is 2.93. The van der Waals surface area contributed by atoms with Gasteiger partial charge in [0.25, 0.3) is 0 Å². The van der Waals surface area contributed by atoms with Crippen molar-refractivity contribution in [3.63, 3.8) is 0 Å². The predicted molar refractivity (Wildman–Crippen MR) is 141 cm³/mol. The van der Waals surface area contributed by atoms with Gasteiger partial charge in [0.1, 0.15) is 11.1 Å². The van der Waals surface area contributed by atoms with Crippen molar-refractivity contribution in [1.82, 2.24) is 4.98 Å². The highest BCUT2D eigenvalue weighted by molar-refractivity contribution is 8.00. The number of anilines is 1. The molecule has 1 aliphatic rings. The first-order valence-electron chi connectivity index (χ1n) is 11.7. The highest BCUT2D eigenvalue weighted by Crippen LogP contribution is 2.35. The summed E-state index contributed by atoms with van der Waals surface area (Å²) < 4.78 is 15.5. The second-order valence-corrected chi connectivity index (χ2v) is 9.60. The monoisotopic (exact) mass is 545 g/mol. The van der Waals surface area contributed by atoms with Crippen molar-refractivity contribution in [3.8, 4) is 17.6 Å². The van der Waals surface area contributed by atoms with Crippen LogP contribution < -0.4 is 14.4 Å². The van der Waals surface area contributed by atoms with Crippen LogP contribution in [0.3, 0.4) is 0 Å². The molecule has 39 heavy (non-hydrogen) atoms. The molecule has 1 fully saturated rings. The summed E-state index contributed by atoms with van der Waals surface area (Å²) in [5, 5.41) is 9.00. The van der Waals surface area contributed by atoms with Crippen molar-refractivity contribution in [2.45, 2.75) is 23.6 Å². The Morgan fingerprint density at radius 2 is 1.72 bits per heavy atom. The Labute approximate surface area is 228 Å². The minimum Gasteiger partial charge on any atom is -0.493 e. The van der Waals surface area contributed by atoms with Gasteiger partial charge in [0.2, 0.25) is 11.8 Å². The van der Waals surface area contributed by atoms with Crippen molar-refractivity contribution in [2.75, 3.05) is 25.7 Å². The number of benzene rings is 2. The third kappa shape index (κ3) is 5.91. The predicted octanol–water partition coefficient (Wildman–Crippen LogP) is 3.74. The fourth-order valence-corrected chi connectivity index (χ4v) is 5.00.